The van der Waals surface area contributed by atoms with Crippen LogP contribution in [-0.4, -0.2) is 24.2 Å². The highest BCUT2D eigenvalue weighted by atomic mass is 16.3. The molecule has 0 bridgehead atoms. The van der Waals surface area contributed by atoms with E-state index in [9.17, 15) is 4.79 Å². The van der Waals surface area contributed by atoms with Gasteiger partial charge in [0.25, 0.3) is 0 Å². The van der Waals surface area contributed by atoms with Crippen LogP contribution in [-0.2, 0) is 4.79 Å². The molecule has 0 aliphatic rings. The van der Waals surface area contributed by atoms with Crippen LogP contribution in [0.1, 0.15) is 6.92 Å². The predicted octanol–water partition coefficient (Wildman–Crippen LogP) is 0.227. The highest BCUT2D eigenvalue weighted by Gasteiger charge is 1.93. The maximum atomic E-state index is 10.8. The molecule has 62 valence electrons. The lowest BCUT2D eigenvalue weighted by molar-refractivity contribution is -0.116. The minimum absolute atomic E-state index is 0.0350. The Hall–Kier alpha value is -1.09. The SMILES string of the molecule is C=C/C(C)=C\C(=O)NCCO. The van der Waals surface area contributed by atoms with E-state index in [0.29, 0.717) is 6.54 Å². The van der Waals surface area contributed by atoms with E-state index in [1.807, 2.05) is 0 Å². The zero-order valence-corrected chi connectivity index (χ0v) is 6.63. The van der Waals surface area contributed by atoms with Crippen molar-refractivity contribution < 1.29 is 9.90 Å². The monoisotopic (exact) mass is 155 g/mol. The largest absolute Gasteiger partial charge is 0.395 e. The summed E-state index contributed by atoms with van der Waals surface area (Å²) < 4.78 is 0. The third kappa shape index (κ3) is 5.36. The summed E-state index contributed by atoms with van der Waals surface area (Å²) in [6.07, 6.45) is 3.03. The van der Waals surface area contributed by atoms with Crippen LogP contribution in [0, 0.1) is 0 Å². The van der Waals surface area contributed by atoms with E-state index in [-0.39, 0.29) is 12.5 Å². The topological polar surface area (TPSA) is 49.3 Å². The van der Waals surface area contributed by atoms with Crippen molar-refractivity contribution in [2.24, 2.45) is 0 Å². The van der Waals surface area contributed by atoms with Gasteiger partial charge in [-0.05, 0) is 12.5 Å². The van der Waals surface area contributed by atoms with Crippen LogP contribution in [0.15, 0.2) is 24.3 Å². The summed E-state index contributed by atoms with van der Waals surface area (Å²) in [7, 11) is 0. The molecule has 0 saturated heterocycles. The molecule has 2 N–H and O–H groups in total. The Morgan fingerprint density at radius 1 is 1.73 bits per heavy atom. The van der Waals surface area contributed by atoms with Crippen molar-refractivity contribution >= 4 is 5.91 Å². The molecule has 0 spiro atoms. The van der Waals surface area contributed by atoms with Crippen molar-refractivity contribution in [2.75, 3.05) is 13.2 Å². The number of carbonyl (C=O) groups is 1. The van der Waals surface area contributed by atoms with Gasteiger partial charge in [-0.15, -0.1) is 0 Å². The van der Waals surface area contributed by atoms with Gasteiger partial charge in [0, 0.05) is 12.6 Å². The van der Waals surface area contributed by atoms with Crippen LogP contribution in [0.25, 0.3) is 0 Å². The maximum Gasteiger partial charge on any atom is 0.244 e. The molecule has 0 aliphatic heterocycles. The normalized spacial score (nSPS) is 10.9. The summed E-state index contributed by atoms with van der Waals surface area (Å²) in [6.45, 7) is 5.54. The smallest absolute Gasteiger partial charge is 0.244 e. The van der Waals surface area contributed by atoms with Crippen LogP contribution in [0.2, 0.25) is 0 Å². The third-order valence-electron chi connectivity index (χ3n) is 1.09. The molecule has 0 atom stereocenters. The number of rotatable bonds is 4. The van der Waals surface area contributed by atoms with Gasteiger partial charge in [0.05, 0.1) is 6.61 Å². The third-order valence-corrected chi connectivity index (χ3v) is 1.09. The summed E-state index contributed by atoms with van der Waals surface area (Å²) in [6, 6.07) is 0. The number of hydrogen-bond donors (Lipinski definition) is 2. The van der Waals surface area contributed by atoms with Crippen LogP contribution >= 0.6 is 0 Å². The van der Waals surface area contributed by atoms with Gasteiger partial charge in [0.2, 0.25) is 5.91 Å². The molecule has 0 fully saturated rings. The lowest BCUT2D eigenvalue weighted by Gasteiger charge is -1.97. The summed E-state index contributed by atoms with van der Waals surface area (Å²) in [5.74, 6) is -0.198. The average Bonchev–Trinajstić information content (AvgIpc) is 2.00. The lowest BCUT2D eigenvalue weighted by Crippen LogP contribution is -2.24. The van der Waals surface area contributed by atoms with Crippen molar-refractivity contribution in [1.29, 1.82) is 0 Å². The highest BCUT2D eigenvalue weighted by Crippen LogP contribution is 1.90. The Morgan fingerprint density at radius 3 is 2.82 bits per heavy atom. The van der Waals surface area contributed by atoms with Gasteiger partial charge in [0.15, 0.2) is 0 Å². The second-order valence-electron chi connectivity index (χ2n) is 2.11. The molecule has 0 radical (unpaired) electrons. The molecule has 0 unspecified atom stereocenters. The first kappa shape index (κ1) is 9.91. The Kier molecular flexibility index (Phi) is 5.11. The minimum atomic E-state index is -0.198. The van der Waals surface area contributed by atoms with Gasteiger partial charge in [0.1, 0.15) is 0 Å². The van der Waals surface area contributed by atoms with E-state index in [0.717, 1.165) is 5.57 Å². The molecule has 0 heterocycles. The number of amides is 1. The van der Waals surface area contributed by atoms with Gasteiger partial charge in [-0.2, -0.15) is 0 Å². The maximum absolute atomic E-state index is 10.8. The number of aliphatic hydroxyl groups is 1. The van der Waals surface area contributed by atoms with Crippen LogP contribution < -0.4 is 5.32 Å². The van der Waals surface area contributed by atoms with Gasteiger partial charge >= 0.3 is 0 Å². The molecular weight excluding hydrogens is 142 g/mol. The molecule has 0 aliphatic carbocycles. The van der Waals surface area contributed by atoms with Crippen molar-refractivity contribution in [3.05, 3.63) is 24.3 Å². The summed E-state index contributed by atoms with van der Waals surface area (Å²) in [5, 5.41) is 10.8. The van der Waals surface area contributed by atoms with Crippen molar-refractivity contribution in [3.8, 4) is 0 Å². The van der Waals surface area contributed by atoms with E-state index < -0.39 is 0 Å². The van der Waals surface area contributed by atoms with E-state index in [2.05, 4.69) is 11.9 Å². The number of carbonyl (C=O) groups excluding carboxylic acids is 1. The molecule has 0 aromatic rings. The fourth-order valence-electron chi connectivity index (χ4n) is 0.496. The molecule has 3 heteroatoms. The highest BCUT2D eigenvalue weighted by molar-refractivity contribution is 5.88. The number of allylic oxidation sites excluding steroid dienone is 2. The van der Waals surface area contributed by atoms with Gasteiger partial charge < -0.3 is 10.4 Å². The summed E-state index contributed by atoms with van der Waals surface area (Å²) in [4.78, 5) is 10.8. The summed E-state index contributed by atoms with van der Waals surface area (Å²) in [5.41, 5.74) is 0.806. The van der Waals surface area contributed by atoms with Gasteiger partial charge in [-0.25, -0.2) is 0 Å². The first-order chi connectivity index (χ1) is 5.20. The van der Waals surface area contributed by atoms with Gasteiger partial charge in [-0.3, -0.25) is 4.79 Å². The van der Waals surface area contributed by atoms with E-state index >= 15 is 0 Å². The molecule has 11 heavy (non-hydrogen) atoms. The van der Waals surface area contributed by atoms with Crippen LogP contribution in [0.4, 0.5) is 0 Å². The quantitative estimate of drug-likeness (QED) is 0.451. The first-order valence-electron chi connectivity index (χ1n) is 3.40. The molecule has 0 aromatic heterocycles. The standard InChI is InChI=1S/C8H13NO2/c1-3-7(2)6-8(11)9-4-5-10/h3,6,10H,1,4-5H2,2H3,(H,9,11)/b7-6-. The molecule has 0 saturated carbocycles. The van der Waals surface area contributed by atoms with E-state index in [1.54, 1.807) is 13.0 Å². The predicted molar refractivity (Wildman–Crippen MR) is 44.0 cm³/mol. The molecule has 0 rings (SSSR count). The van der Waals surface area contributed by atoms with Crippen LogP contribution in [0.3, 0.4) is 0 Å². The Bertz CT molecular complexity index is 173. The van der Waals surface area contributed by atoms with Crippen LogP contribution in [0.5, 0.6) is 0 Å². The molecular formula is C8H13NO2. The molecule has 3 nitrogen and oxygen atoms in total. The number of aliphatic hydroxyl groups excluding tert-OH is 1. The molecule has 0 aromatic carbocycles. The fourth-order valence-corrected chi connectivity index (χ4v) is 0.496. The number of hydrogen-bond acceptors (Lipinski definition) is 2. The average molecular weight is 155 g/mol. The van der Waals surface area contributed by atoms with E-state index in [4.69, 9.17) is 5.11 Å². The Balaban J connectivity index is 3.76. The minimum Gasteiger partial charge on any atom is -0.395 e. The zero-order valence-electron chi connectivity index (χ0n) is 6.63. The second-order valence-corrected chi connectivity index (χ2v) is 2.11. The van der Waals surface area contributed by atoms with Gasteiger partial charge in [-0.1, -0.05) is 12.7 Å². The zero-order chi connectivity index (χ0) is 8.69. The summed E-state index contributed by atoms with van der Waals surface area (Å²) >= 11 is 0. The first-order valence-corrected chi connectivity index (χ1v) is 3.40. The second kappa shape index (κ2) is 5.68. The number of nitrogens with one attached hydrogen (secondary N) is 1. The lowest BCUT2D eigenvalue weighted by atomic mass is 10.3. The van der Waals surface area contributed by atoms with Crippen molar-refractivity contribution in [3.63, 3.8) is 0 Å². The molecule has 1 amide bonds. The Morgan fingerprint density at radius 2 is 2.36 bits per heavy atom. The fraction of sp³-hybridized carbons (Fsp3) is 0.375. The van der Waals surface area contributed by atoms with Crippen molar-refractivity contribution in [2.45, 2.75) is 6.92 Å². The van der Waals surface area contributed by atoms with E-state index in [1.165, 1.54) is 6.08 Å². The Labute approximate surface area is 66.4 Å². The van der Waals surface area contributed by atoms with Crippen molar-refractivity contribution in [1.82, 2.24) is 5.32 Å².